The summed E-state index contributed by atoms with van der Waals surface area (Å²) in [5.41, 5.74) is 0.805. The van der Waals surface area contributed by atoms with Gasteiger partial charge in [0.1, 0.15) is 0 Å². The average molecular weight is 162 g/mol. The number of hydrogen-bond donors (Lipinski definition) is 0. The maximum Gasteiger partial charge on any atom is 0.261 e. The lowest BCUT2D eigenvalue weighted by molar-refractivity contribution is 0.0693. The predicted octanol–water partition coefficient (Wildman–Crippen LogP) is 0.912. The maximum absolute atomic E-state index is 11.4. The Balaban J connectivity index is 2.57. The molecule has 0 unspecified atom stereocenters. The highest BCUT2D eigenvalue weighted by Crippen LogP contribution is 2.20. The van der Waals surface area contributed by atoms with Crippen LogP contribution in [0.1, 0.15) is 22.1 Å². The van der Waals surface area contributed by atoms with Gasteiger partial charge in [-0.05, 0) is 12.1 Å². The van der Waals surface area contributed by atoms with Gasteiger partial charge in [0, 0.05) is 8.39 Å². The maximum atomic E-state index is 11.4. The Kier molecular flexibility index (Phi) is 1.07. The Morgan fingerprint density at radius 2 is 1.67 bits per heavy atom. The Morgan fingerprint density at radius 3 is 2.08 bits per heavy atom. The van der Waals surface area contributed by atoms with Crippen molar-refractivity contribution in [2.24, 2.45) is 0 Å². The lowest BCUT2D eigenvalue weighted by Gasteiger charge is -2.02. The number of hydrogen-bond acceptors (Lipinski definition) is 2. The van der Waals surface area contributed by atoms with E-state index in [2.05, 4.69) is 0 Å². The van der Waals surface area contributed by atoms with E-state index in [9.17, 15) is 9.59 Å². The summed E-state index contributed by atoms with van der Waals surface area (Å²) in [5.74, 6) is -0.730. The van der Waals surface area contributed by atoms with Gasteiger partial charge in [0.15, 0.2) is 0 Å². The summed E-state index contributed by atoms with van der Waals surface area (Å²) in [6.45, 7) is 0. The van der Waals surface area contributed by atoms with Gasteiger partial charge < -0.3 is 0 Å². The van der Waals surface area contributed by atoms with Crippen molar-refractivity contribution >= 4 is 11.8 Å². The number of carbonyl (C=O) groups is 2. The SMILES string of the molecule is [2H]CN1C(=O)c2ccccc2C1=O. The number of amides is 2. The molecule has 0 aliphatic carbocycles. The van der Waals surface area contributed by atoms with E-state index in [0.29, 0.717) is 11.1 Å². The molecule has 2 amide bonds. The van der Waals surface area contributed by atoms with Crippen LogP contribution in [0.5, 0.6) is 0 Å². The molecular formula is C9H7NO2. The summed E-state index contributed by atoms with van der Waals surface area (Å²) in [5, 5.41) is 0. The van der Waals surface area contributed by atoms with E-state index >= 15 is 0 Å². The van der Waals surface area contributed by atoms with Crippen LogP contribution in [0.25, 0.3) is 0 Å². The zero-order valence-electron chi connectivity index (χ0n) is 7.28. The smallest absolute Gasteiger partial charge is 0.261 e. The van der Waals surface area contributed by atoms with Crippen LogP contribution in [0.3, 0.4) is 0 Å². The molecule has 1 aromatic rings. The Labute approximate surface area is 71.0 Å². The Bertz CT molecular complexity index is 354. The number of rotatable bonds is 0. The van der Waals surface area contributed by atoms with Crippen molar-refractivity contribution in [2.45, 2.75) is 0 Å². The van der Waals surface area contributed by atoms with E-state index in [1.165, 1.54) is 0 Å². The summed E-state index contributed by atoms with van der Waals surface area (Å²) in [4.78, 5) is 23.8. The molecule has 0 fully saturated rings. The van der Waals surface area contributed by atoms with Crippen molar-refractivity contribution in [2.75, 3.05) is 7.02 Å². The van der Waals surface area contributed by atoms with Crippen LogP contribution in [-0.4, -0.2) is 23.7 Å². The molecule has 0 bridgehead atoms. The Morgan fingerprint density at radius 1 is 1.17 bits per heavy atom. The third kappa shape index (κ3) is 0.704. The average Bonchev–Trinajstić information content (AvgIpc) is 2.41. The topological polar surface area (TPSA) is 37.4 Å². The van der Waals surface area contributed by atoms with Crippen molar-refractivity contribution in [3.05, 3.63) is 35.4 Å². The molecule has 12 heavy (non-hydrogen) atoms. The summed E-state index contributed by atoms with van der Waals surface area (Å²) in [7, 11) is -0.313. The Hall–Kier alpha value is -1.64. The minimum Gasteiger partial charge on any atom is -0.277 e. The second kappa shape index (κ2) is 2.17. The lowest BCUT2D eigenvalue weighted by Crippen LogP contribution is -2.24. The monoisotopic (exact) mass is 162 g/mol. The minimum absolute atomic E-state index is 0.313. The fourth-order valence-corrected chi connectivity index (χ4v) is 1.24. The highest BCUT2D eigenvalue weighted by atomic mass is 16.2. The first kappa shape index (κ1) is 5.94. The van der Waals surface area contributed by atoms with Crippen LogP contribution >= 0.6 is 0 Å². The van der Waals surface area contributed by atoms with Gasteiger partial charge in [-0.2, -0.15) is 0 Å². The molecule has 1 aromatic carbocycles. The molecule has 1 aliphatic heterocycles. The fourth-order valence-electron chi connectivity index (χ4n) is 1.24. The number of imide groups is 1. The van der Waals surface area contributed by atoms with E-state index in [4.69, 9.17) is 1.37 Å². The van der Waals surface area contributed by atoms with E-state index in [1.54, 1.807) is 24.3 Å². The summed E-state index contributed by atoms with van der Waals surface area (Å²) < 4.78 is 7.02. The summed E-state index contributed by atoms with van der Waals surface area (Å²) in [6, 6.07) is 6.62. The zero-order chi connectivity index (χ0) is 9.42. The van der Waals surface area contributed by atoms with Crippen molar-refractivity contribution in [1.29, 1.82) is 0 Å². The van der Waals surface area contributed by atoms with E-state index in [1.807, 2.05) is 0 Å². The zero-order valence-corrected chi connectivity index (χ0v) is 6.28. The molecule has 3 nitrogen and oxygen atoms in total. The molecule has 3 heteroatoms. The highest BCUT2D eigenvalue weighted by molar-refractivity contribution is 6.21. The largest absolute Gasteiger partial charge is 0.277 e. The number of nitrogens with zero attached hydrogens (tertiary/aromatic N) is 1. The van der Waals surface area contributed by atoms with Gasteiger partial charge in [-0.25, -0.2) is 0 Å². The van der Waals surface area contributed by atoms with E-state index in [-0.39, 0.29) is 18.8 Å². The first-order chi connectivity index (χ1) is 6.25. The highest BCUT2D eigenvalue weighted by Gasteiger charge is 2.31. The molecule has 0 saturated carbocycles. The van der Waals surface area contributed by atoms with Gasteiger partial charge in [-0.15, -0.1) is 0 Å². The molecule has 0 spiro atoms. The number of carbonyl (C=O) groups excluding carboxylic acids is 2. The predicted molar refractivity (Wildman–Crippen MR) is 42.9 cm³/mol. The van der Waals surface area contributed by atoms with Crippen LogP contribution in [0.2, 0.25) is 0 Å². The van der Waals surface area contributed by atoms with Crippen LogP contribution in [0.15, 0.2) is 24.3 Å². The van der Waals surface area contributed by atoms with E-state index < -0.39 is 0 Å². The summed E-state index contributed by atoms with van der Waals surface area (Å²) in [6.07, 6.45) is 0. The molecule has 60 valence electrons. The van der Waals surface area contributed by atoms with Crippen LogP contribution < -0.4 is 0 Å². The van der Waals surface area contributed by atoms with Crippen molar-refractivity contribution in [3.8, 4) is 0 Å². The fraction of sp³-hybridized carbons (Fsp3) is 0.111. The molecule has 2 rings (SSSR count). The number of benzene rings is 1. The first-order valence-electron chi connectivity index (χ1n) is 4.21. The third-order valence-corrected chi connectivity index (χ3v) is 1.88. The van der Waals surface area contributed by atoms with Crippen molar-refractivity contribution < 1.29 is 11.0 Å². The molecular weight excluding hydrogens is 154 g/mol. The van der Waals surface area contributed by atoms with Gasteiger partial charge in [0.05, 0.1) is 11.1 Å². The quantitative estimate of drug-likeness (QED) is 0.532. The molecule has 0 saturated heterocycles. The standard InChI is InChI=1S/C9H7NO2/c1-10-8(11)6-4-2-3-5-7(6)9(10)12/h2-5H,1H3/i1D. The van der Waals surface area contributed by atoms with Gasteiger partial charge >= 0.3 is 0 Å². The van der Waals surface area contributed by atoms with Crippen molar-refractivity contribution in [3.63, 3.8) is 0 Å². The minimum atomic E-state index is -0.365. The second-order valence-corrected chi connectivity index (χ2v) is 2.58. The van der Waals surface area contributed by atoms with E-state index in [0.717, 1.165) is 4.90 Å². The molecule has 0 atom stereocenters. The van der Waals surface area contributed by atoms with Gasteiger partial charge in [-0.3, -0.25) is 14.5 Å². The van der Waals surface area contributed by atoms with Crippen LogP contribution in [0, 0.1) is 0 Å². The van der Waals surface area contributed by atoms with Crippen LogP contribution in [-0.2, 0) is 0 Å². The van der Waals surface area contributed by atoms with Gasteiger partial charge in [0.2, 0.25) is 0 Å². The normalized spacial score (nSPS) is 16.3. The molecule has 0 N–H and O–H groups in total. The van der Waals surface area contributed by atoms with Gasteiger partial charge in [-0.1, -0.05) is 12.1 Å². The molecule has 0 aromatic heterocycles. The third-order valence-electron chi connectivity index (χ3n) is 1.88. The second-order valence-electron chi connectivity index (χ2n) is 2.58. The lowest BCUT2D eigenvalue weighted by atomic mass is 10.1. The first-order valence-corrected chi connectivity index (χ1v) is 3.50. The summed E-state index contributed by atoms with van der Waals surface area (Å²) >= 11 is 0. The molecule has 1 aliphatic rings. The molecule has 1 heterocycles. The molecule has 0 radical (unpaired) electrons. The van der Waals surface area contributed by atoms with Gasteiger partial charge in [0.25, 0.3) is 11.8 Å². The number of fused-ring (bicyclic) bond motifs is 1. The van der Waals surface area contributed by atoms with Crippen molar-refractivity contribution in [1.82, 2.24) is 4.90 Å². The van der Waals surface area contributed by atoms with Crippen LogP contribution in [0.4, 0.5) is 0 Å².